The van der Waals surface area contributed by atoms with Gasteiger partial charge in [-0.05, 0) is 36.4 Å². The number of hydrogen-bond acceptors (Lipinski definition) is 7. The molecular formula is C26H20F2O7. The number of hydrogen-bond donors (Lipinski definition) is 0. The minimum Gasteiger partial charge on any atom is -0.459 e. The molecule has 3 atom stereocenters. The lowest BCUT2D eigenvalue weighted by Crippen LogP contribution is -2.45. The van der Waals surface area contributed by atoms with E-state index in [0.29, 0.717) is 0 Å². The number of carbonyl (C=O) groups is 3. The molecule has 7 nitrogen and oxygen atoms in total. The van der Waals surface area contributed by atoms with E-state index < -0.39 is 48.9 Å². The first-order chi connectivity index (χ1) is 16.9. The number of esters is 3. The first kappa shape index (κ1) is 24.0. The van der Waals surface area contributed by atoms with E-state index in [0.717, 1.165) is 0 Å². The Balaban J connectivity index is 1.53. The third kappa shape index (κ3) is 5.52. The minimum absolute atomic E-state index is 0.0312. The maximum atomic E-state index is 15.3. The Kier molecular flexibility index (Phi) is 7.17. The Morgan fingerprint density at radius 3 is 1.60 bits per heavy atom. The SMILES string of the molecule is O=C(OC[C@H]1O[C@H](OC(=O)c2ccccc2)C(F)(F)[C@@H]1OC(=O)c1ccccc1)c1ccccc1. The first-order valence-corrected chi connectivity index (χ1v) is 10.6. The summed E-state index contributed by atoms with van der Waals surface area (Å²) < 4.78 is 51.0. The van der Waals surface area contributed by atoms with Crippen LogP contribution in [0.25, 0.3) is 0 Å². The van der Waals surface area contributed by atoms with Gasteiger partial charge >= 0.3 is 23.8 Å². The third-order valence-corrected chi connectivity index (χ3v) is 5.18. The largest absolute Gasteiger partial charge is 0.459 e. The normalized spacial score (nSPS) is 20.6. The summed E-state index contributed by atoms with van der Waals surface area (Å²) in [5.41, 5.74) is 0.263. The lowest BCUT2D eigenvalue weighted by Gasteiger charge is -2.23. The van der Waals surface area contributed by atoms with Gasteiger partial charge in [-0.2, -0.15) is 8.78 Å². The molecule has 35 heavy (non-hydrogen) atoms. The molecule has 3 aromatic rings. The second kappa shape index (κ2) is 10.4. The van der Waals surface area contributed by atoms with Crippen molar-refractivity contribution in [3.8, 4) is 0 Å². The third-order valence-electron chi connectivity index (χ3n) is 5.18. The van der Waals surface area contributed by atoms with Crippen LogP contribution in [0.2, 0.25) is 0 Å². The van der Waals surface area contributed by atoms with Gasteiger partial charge in [0.05, 0.1) is 16.7 Å². The van der Waals surface area contributed by atoms with E-state index in [4.69, 9.17) is 18.9 Å². The van der Waals surface area contributed by atoms with Crippen LogP contribution in [0.15, 0.2) is 91.0 Å². The molecule has 0 unspecified atom stereocenters. The second-order valence-corrected chi connectivity index (χ2v) is 7.61. The predicted octanol–water partition coefficient (Wildman–Crippen LogP) is 4.29. The lowest BCUT2D eigenvalue weighted by molar-refractivity contribution is -0.200. The molecule has 0 saturated carbocycles. The zero-order valence-electron chi connectivity index (χ0n) is 18.2. The molecule has 3 aromatic carbocycles. The Labute approximate surface area is 199 Å². The molecule has 0 amide bonds. The maximum absolute atomic E-state index is 15.3. The summed E-state index contributed by atoms with van der Waals surface area (Å²) >= 11 is 0. The molecule has 0 radical (unpaired) electrons. The summed E-state index contributed by atoms with van der Waals surface area (Å²) in [6, 6.07) is 22.9. The highest BCUT2D eigenvalue weighted by molar-refractivity contribution is 5.90. The quantitative estimate of drug-likeness (QED) is 0.367. The number of alkyl halides is 2. The van der Waals surface area contributed by atoms with E-state index in [1.165, 1.54) is 36.4 Å². The monoisotopic (exact) mass is 482 g/mol. The number of carbonyl (C=O) groups excluding carboxylic acids is 3. The van der Waals surface area contributed by atoms with Crippen molar-refractivity contribution in [1.29, 1.82) is 0 Å². The number of benzene rings is 3. The number of halogens is 2. The molecule has 0 bridgehead atoms. The number of ether oxygens (including phenoxy) is 4. The van der Waals surface area contributed by atoms with Gasteiger partial charge < -0.3 is 18.9 Å². The maximum Gasteiger partial charge on any atom is 0.347 e. The summed E-state index contributed by atoms with van der Waals surface area (Å²) in [4.78, 5) is 37.2. The lowest BCUT2D eigenvalue weighted by atomic mass is 10.1. The van der Waals surface area contributed by atoms with Crippen LogP contribution < -0.4 is 0 Å². The Hall–Kier alpha value is -4.11. The molecule has 0 aromatic heterocycles. The Bertz CT molecular complexity index is 1170. The molecule has 1 aliphatic rings. The minimum atomic E-state index is -3.93. The van der Waals surface area contributed by atoms with Crippen LogP contribution in [0.1, 0.15) is 31.1 Å². The van der Waals surface area contributed by atoms with Crippen molar-refractivity contribution < 1.29 is 42.1 Å². The zero-order valence-corrected chi connectivity index (χ0v) is 18.2. The van der Waals surface area contributed by atoms with E-state index in [-0.39, 0.29) is 16.7 Å². The van der Waals surface area contributed by atoms with Crippen LogP contribution in [-0.2, 0) is 18.9 Å². The fourth-order valence-corrected chi connectivity index (χ4v) is 3.40. The number of rotatable bonds is 7. The van der Waals surface area contributed by atoms with Crippen LogP contribution in [0, 0.1) is 0 Å². The average molecular weight is 482 g/mol. The van der Waals surface area contributed by atoms with Crippen LogP contribution in [-0.4, -0.2) is 48.9 Å². The predicted molar refractivity (Wildman–Crippen MR) is 118 cm³/mol. The van der Waals surface area contributed by atoms with E-state index in [9.17, 15) is 14.4 Å². The summed E-state index contributed by atoms with van der Waals surface area (Å²) in [6.45, 7) is -0.671. The van der Waals surface area contributed by atoms with E-state index in [1.807, 2.05) is 0 Å². The molecule has 1 saturated heterocycles. The molecule has 0 aliphatic carbocycles. The van der Waals surface area contributed by atoms with Gasteiger partial charge in [-0.3, -0.25) is 0 Å². The van der Waals surface area contributed by atoms with Crippen molar-refractivity contribution >= 4 is 17.9 Å². The van der Waals surface area contributed by atoms with Crippen molar-refractivity contribution in [1.82, 2.24) is 0 Å². The van der Waals surface area contributed by atoms with Gasteiger partial charge in [0.15, 0.2) is 0 Å². The molecule has 1 heterocycles. The van der Waals surface area contributed by atoms with Crippen LogP contribution in [0.3, 0.4) is 0 Å². The van der Waals surface area contributed by atoms with Crippen molar-refractivity contribution in [2.24, 2.45) is 0 Å². The topological polar surface area (TPSA) is 88.1 Å². The molecule has 9 heteroatoms. The van der Waals surface area contributed by atoms with E-state index in [1.54, 1.807) is 54.6 Å². The van der Waals surface area contributed by atoms with Crippen molar-refractivity contribution in [3.05, 3.63) is 108 Å². The van der Waals surface area contributed by atoms with E-state index in [2.05, 4.69) is 0 Å². The highest BCUT2D eigenvalue weighted by atomic mass is 19.3. The highest BCUT2D eigenvalue weighted by Gasteiger charge is 2.64. The van der Waals surface area contributed by atoms with Crippen molar-refractivity contribution in [2.75, 3.05) is 6.61 Å². The molecule has 1 fully saturated rings. The Morgan fingerprint density at radius 1 is 0.686 bits per heavy atom. The molecule has 4 rings (SSSR count). The summed E-state index contributed by atoms with van der Waals surface area (Å²) in [5.74, 6) is -6.80. The molecular weight excluding hydrogens is 462 g/mol. The van der Waals surface area contributed by atoms with Gasteiger partial charge in [0, 0.05) is 0 Å². The van der Waals surface area contributed by atoms with Gasteiger partial charge in [-0.25, -0.2) is 14.4 Å². The first-order valence-electron chi connectivity index (χ1n) is 10.6. The second-order valence-electron chi connectivity index (χ2n) is 7.61. The Morgan fingerprint density at radius 2 is 1.11 bits per heavy atom. The summed E-state index contributed by atoms with van der Waals surface area (Å²) in [7, 11) is 0. The molecule has 1 aliphatic heterocycles. The van der Waals surface area contributed by atoms with Gasteiger partial charge in [-0.15, -0.1) is 0 Å². The van der Waals surface area contributed by atoms with Crippen LogP contribution in [0.4, 0.5) is 8.78 Å². The molecule has 180 valence electrons. The van der Waals surface area contributed by atoms with Crippen LogP contribution >= 0.6 is 0 Å². The van der Waals surface area contributed by atoms with Gasteiger partial charge in [0.25, 0.3) is 6.29 Å². The molecule has 0 N–H and O–H groups in total. The van der Waals surface area contributed by atoms with Crippen molar-refractivity contribution in [2.45, 2.75) is 24.4 Å². The van der Waals surface area contributed by atoms with Gasteiger partial charge in [0.1, 0.15) is 12.7 Å². The summed E-state index contributed by atoms with van der Waals surface area (Å²) in [6.07, 6.45) is -6.16. The standard InChI is InChI=1S/C26H20F2O7/c27-26(28)21(34-23(30)18-12-6-2-7-13-18)20(16-32-22(29)17-10-4-1-5-11-17)33-25(26)35-24(31)19-14-8-3-9-15-19/h1-15,20-21,25H,16H2/t20-,21-,25-/m1/s1. The fourth-order valence-electron chi connectivity index (χ4n) is 3.40. The highest BCUT2D eigenvalue weighted by Crippen LogP contribution is 2.40. The van der Waals surface area contributed by atoms with E-state index >= 15 is 8.78 Å². The summed E-state index contributed by atoms with van der Waals surface area (Å²) in [5, 5.41) is 0. The molecule has 0 spiro atoms. The van der Waals surface area contributed by atoms with Crippen molar-refractivity contribution in [3.63, 3.8) is 0 Å². The average Bonchev–Trinajstić information content (AvgIpc) is 3.12. The van der Waals surface area contributed by atoms with Gasteiger partial charge in [-0.1, -0.05) is 54.6 Å². The van der Waals surface area contributed by atoms with Gasteiger partial charge in [0.2, 0.25) is 6.10 Å². The fraction of sp³-hybridized carbons (Fsp3) is 0.192. The smallest absolute Gasteiger partial charge is 0.347 e. The zero-order chi connectivity index (χ0) is 24.8. The van der Waals surface area contributed by atoms with Crippen LogP contribution in [0.5, 0.6) is 0 Å².